The van der Waals surface area contributed by atoms with Gasteiger partial charge < -0.3 is 4.90 Å². The monoisotopic (exact) mass is 237 g/mol. The molecule has 92 valence electrons. The Morgan fingerprint density at radius 2 is 1.83 bits per heavy atom. The number of anilines is 1. The minimum Gasteiger partial charge on any atom is -0.370 e. The predicted octanol–water partition coefficient (Wildman–Crippen LogP) is 4.27. The quantitative estimate of drug-likeness (QED) is 0.767. The van der Waals surface area contributed by atoms with Gasteiger partial charge in [-0.25, -0.2) is 0 Å². The molecule has 0 aliphatic heterocycles. The molecule has 1 nitrogen and oxygen atoms in total. The summed E-state index contributed by atoms with van der Waals surface area (Å²) in [6.45, 7) is 6.91. The normalized spacial score (nSPS) is 10.1. The van der Waals surface area contributed by atoms with Crippen LogP contribution in [0.1, 0.15) is 16.7 Å². The Morgan fingerprint density at radius 3 is 2.50 bits per heavy atom. The molecule has 2 aromatic rings. The van der Waals surface area contributed by atoms with Crippen LogP contribution in [0, 0.1) is 6.92 Å². The summed E-state index contributed by atoms with van der Waals surface area (Å²) >= 11 is 0. The van der Waals surface area contributed by atoms with E-state index in [4.69, 9.17) is 0 Å². The van der Waals surface area contributed by atoms with Crippen LogP contribution in [0.4, 0.5) is 5.69 Å². The topological polar surface area (TPSA) is 3.24 Å². The van der Waals surface area contributed by atoms with Crippen molar-refractivity contribution in [1.82, 2.24) is 0 Å². The summed E-state index contributed by atoms with van der Waals surface area (Å²) in [6, 6.07) is 17.0. The van der Waals surface area contributed by atoms with Gasteiger partial charge in [0.05, 0.1) is 0 Å². The van der Waals surface area contributed by atoms with Crippen molar-refractivity contribution in [2.45, 2.75) is 13.5 Å². The van der Waals surface area contributed by atoms with E-state index in [1.54, 1.807) is 0 Å². The molecule has 0 fully saturated rings. The number of rotatable bonds is 4. The summed E-state index contributed by atoms with van der Waals surface area (Å²) in [4.78, 5) is 2.26. The summed E-state index contributed by atoms with van der Waals surface area (Å²) in [5, 5.41) is 0. The van der Waals surface area contributed by atoms with E-state index in [2.05, 4.69) is 67.9 Å². The first-order chi connectivity index (χ1) is 8.70. The highest BCUT2D eigenvalue weighted by Gasteiger charge is 2.06. The minimum atomic E-state index is 0.908. The first-order valence-electron chi connectivity index (χ1n) is 6.19. The maximum atomic E-state index is 3.88. The van der Waals surface area contributed by atoms with E-state index in [1.807, 2.05) is 12.1 Å². The van der Waals surface area contributed by atoms with E-state index >= 15 is 0 Å². The molecule has 0 bridgehead atoms. The van der Waals surface area contributed by atoms with Crippen molar-refractivity contribution in [1.29, 1.82) is 0 Å². The molecular formula is C17H19N. The molecular weight excluding hydrogens is 218 g/mol. The van der Waals surface area contributed by atoms with Crippen LogP contribution in [0.3, 0.4) is 0 Å². The van der Waals surface area contributed by atoms with E-state index in [9.17, 15) is 0 Å². The van der Waals surface area contributed by atoms with E-state index in [1.165, 1.54) is 22.4 Å². The molecule has 0 aromatic heterocycles. The number of aryl methyl sites for hydroxylation is 1. The Hall–Kier alpha value is -2.02. The van der Waals surface area contributed by atoms with Gasteiger partial charge in [-0.05, 0) is 29.7 Å². The average Bonchev–Trinajstić information content (AvgIpc) is 2.40. The molecule has 18 heavy (non-hydrogen) atoms. The van der Waals surface area contributed by atoms with Crippen molar-refractivity contribution < 1.29 is 0 Å². The average molecular weight is 237 g/mol. The number of hydrogen-bond acceptors (Lipinski definition) is 1. The zero-order valence-electron chi connectivity index (χ0n) is 11.1. The highest BCUT2D eigenvalue weighted by atomic mass is 15.1. The molecule has 1 heteroatoms. The van der Waals surface area contributed by atoms with Crippen LogP contribution in [0.25, 0.3) is 6.08 Å². The third-order valence-electron chi connectivity index (χ3n) is 3.08. The molecule has 0 saturated carbocycles. The highest BCUT2D eigenvalue weighted by molar-refractivity contribution is 5.67. The van der Waals surface area contributed by atoms with Crippen molar-refractivity contribution in [2.75, 3.05) is 11.9 Å². The van der Waals surface area contributed by atoms with Gasteiger partial charge in [-0.1, -0.05) is 55.1 Å². The lowest BCUT2D eigenvalue weighted by molar-refractivity contribution is 0.920. The lowest BCUT2D eigenvalue weighted by Gasteiger charge is -2.22. The first kappa shape index (κ1) is 12.4. The van der Waals surface area contributed by atoms with E-state index < -0.39 is 0 Å². The van der Waals surface area contributed by atoms with Gasteiger partial charge in [0.1, 0.15) is 0 Å². The molecule has 0 unspecified atom stereocenters. The zero-order valence-corrected chi connectivity index (χ0v) is 11.1. The SMILES string of the molecule is C=Cc1ccc(C)cc1N(C)Cc1ccccc1. The largest absolute Gasteiger partial charge is 0.370 e. The fourth-order valence-corrected chi connectivity index (χ4v) is 2.10. The lowest BCUT2D eigenvalue weighted by atomic mass is 10.1. The van der Waals surface area contributed by atoms with E-state index in [-0.39, 0.29) is 0 Å². The Kier molecular flexibility index (Phi) is 3.83. The molecule has 0 atom stereocenters. The number of benzene rings is 2. The third kappa shape index (κ3) is 2.80. The first-order valence-corrected chi connectivity index (χ1v) is 6.19. The molecule has 0 spiro atoms. The van der Waals surface area contributed by atoms with Gasteiger partial charge in [0, 0.05) is 19.3 Å². The summed E-state index contributed by atoms with van der Waals surface area (Å²) < 4.78 is 0. The smallest absolute Gasteiger partial charge is 0.0442 e. The van der Waals surface area contributed by atoms with Crippen molar-refractivity contribution >= 4 is 11.8 Å². The summed E-state index contributed by atoms with van der Waals surface area (Å²) in [6.07, 6.45) is 1.91. The standard InChI is InChI=1S/C17H19N/c1-4-16-11-10-14(2)12-17(16)18(3)13-15-8-6-5-7-9-15/h4-12H,1,13H2,2-3H3. The van der Waals surface area contributed by atoms with Gasteiger partial charge in [-0.15, -0.1) is 0 Å². The summed E-state index contributed by atoms with van der Waals surface area (Å²) in [7, 11) is 2.12. The van der Waals surface area contributed by atoms with Crippen LogP contribution >= 0.6 is 0 Å². The maximum absolute atomic E-state index is 3.88. The van der Waals surface area contributed by atoms with E-state index in [0.29, 0.717) is 0 Å². The van der Waals surface area contributed by atoms with Crippen LogP contribution < -0.4 is 4.90 Å². The maximum Gasteiger partial charge on any atom is 0.0442 e. The Labute approximate surface area is 109 Å². The van der Waals surface area contributed by atoms with E-state index in [0.717, 1.165) is 6.54 Å². The van der Waals surface area contributed by atoms with Crippen molar-refractivity contribution in [2.24, 2.45) is 0 Å². The fraction of sp³-hybridized carbons (Fsp3) is 0.176. The van der Waals surface area contributed by atoms with Crippen molar-refractivity contribution in [3.63, 3.8) is 0 Å². The predicted molar refractivity (Wildman–Crippen MR) is 79.8 cm³/mol. The van der Waals surface area contributed by atoms with Gasteiger partial charge in [-0.2, -0.15) is 0 Å². The molecule has 2 aromatic carbocycles. The third-order valence-corrected chi connectivity index (χ3v) is 3.08. The molecule has 0 heterocycles. The van der Waals surface area contributed by atoms with Crippen LogP contribution in [0.15, 0.2) is 55.1 Å². The van der Waals surface area contributed by atoms with Gasteiger partial charge in [0.25, 0.3) is 0 Å². The van der Waals surface area contributed by atoms with Gasteiger partial charge in [0.2, 0.25) is 0 Å². The highest BCUT2D eigenvalue weighted by Crippen LogP contribution is 2.23. The van der Waals surface area contributed by atoms with Crippen molar-refractivity contribution in [3.8, 4) is 0 Å². The zero-order chi connectivity index (χ0) is 13.0. The van der Waals surface area contributed by atoms with Gasteiger partial charge >= 0.3 is 0 Å². The number of nitrogens with zero attached hydrogens (tertiary/aromatic N) is 1. The lowest BCUT2D eigenvalue weighted by Crippen LogP contribution is -2.17. The minimum absolute atomic E-state index is 0.908. The summed E-state index contributed by atoms with van der Waals surface area (Å²) in [5.41, 5.74) is 5.00. The van der Waals surface area contributed by atoms with Crippen molar-refractivity contribution in [3.05, 3.63) is 71.8 Å². The molecule has 0 aliphatic carbocycles. The Balaban J connectivity index is 2.25. The Morgan fingerprint density at radius 1 is 1.11 bits per heavy atom. The summed E-state index contributed by atoms with van der Waals surface area (Å²) in [5.74, 6) is 0. The molecule has 0 amide bonds. The molecule has 0 radical (unpaired) electrons. The second kappa shape index (κ2) is 5.54. The Bertz CT molecular complexity index is 529. The second-order valence-corrected chi connectivity index (χ2v) is 4.61. The molecule has 0 aliphatic rings. The molecule has 0 saturated heterocycles. The van der Waals surface area contributed by atoms with Crippen LogP contribution in [0.5, 0.6) is 0 Å². The second-order valence-electron chi connectivity index (χ2n) is 4.61. The van der Waals surface area contributed by atoms with Crippen LogP contribution in [-0.2, 0) is 6.54 Å². The van der Waals surface area contributed by atoms with Crippen LogP contribution in [0.2, 0.25) is 0 Å². The van der Waals surface area contributed by atoms with Crippen LogP contribution in [-0.4, -0.2) is 7.05 Å². The van der Waals surface area contributed by atoms with Gasteiger partial charge in [-0.3, -0.25) is 0 Å². The molecule has 0 N–H and O–H groups in total. The number of hydrogen-bond donors (Lipinski definition) is 0. The van der Waals surface area contributed by atoms with Gasteiger partial charge in [0.15, 0.2) is 0 Å². The molecule has 2 rings (SSSR count). The fourth-order valence-electron chi connectivity index (χ4n) is 2.10.